The minimum atomic E-state index is -0.216. The Morgan fingerprint density at radius 2 is 1.97 bits per heavy atom. The number of pyridine rings is 1. The summed E-state index contributed by atoms with van der Waals surface area (Å²) in [4.78, 5) is 16.9. The molecule has 0 aliphatic carbocycles. The van der Waals surface area contributed by atoms with E-state index in [2.05, 4.69) is 48.5 Å². The SMILES string of the molecule is CN=C(NCCc1c[nH]c2ccc(F)cc12)NCc1cccnc1N1CCN(C)CC1.I. The molecule has 0 saturated carbocycles. The van der Waals surface area contributed by atoms with Gasteiger partial charge in [0.2, 0.25) is 0 Å². The fourth-order valence-corrected chi connectivity index (χ4v) is 3.94. The van der Waals surface area contributed by atoms with Crippen LogP contribution in [0.1, 0.15) is 11.1 Å². The Kier molecular flexibility index (Phi) is 8.68. The number of H-pyrrole nitrogens is 1. The number of rotatable bonds is 6. The third-order valence-corrected chi connectivity index (χ3v) is 5.76. The van der Waals surface area contributed by atoms with Crippen molar-refractivity contribution in [1.29, 1.82) is 0 Å². The van der Waals surface area contributed by atoms with Gasteiger partial charge in [0.25, 0.3) is 0 Å². The maximum absolute atomic E-state index is 13.6. The fraction of sp³-hybridized carbons (Fsp3) is 0.391. The quantitative estimate of drug-likeness (QED) is 0.250. The molecular formula is C23H31FIN7. The Balaban J connectivity index is 0.00000289. The number of benzene rings is 1. The third kappa shape index (κ3) is 5.89. The molecular weight excluding hydrogens is 520 g/mol. The van der Waals surface area contributed by atoms with E-state index >= 15 is 0 Å². The van der Waals surface area contributed by atoms with Crippen molar-refractivity contribution < 1.29 is 4.39 Å². The summed E-state index contributed by atoms with van der Waals surface area (Å²) in [7, 11) is 3.92. The smallest absolute Gasteiger partial charge is 0.191 e. The van der Waals surface area contributed by atoms with Crippen molar-refractivity contribution in [2.75, 3.05) is 51.7 Å². The number of halogens is 2. The van der Waals surface area contributed by atoms with Gasteiger partial charge in [0, 0.05) is 75.2 Å². The summed E-state index contributed by atoms with van der Waals surface area (Å²) in [5, 5.41) is 7.67. The highest BCUT2D eigenvalue weighted by molar-refractivity contribution is 14.0. The minimum Gasteiger partial charge on any atom is -0.361 e. The van der Waals surface area contributed by atoms with Crippen molar-refractivity contribution in [3.63, 3.8) is 0 Å². The lowest BCUT2D eigenvalue weighted by Crippen LogP contribution is -2.45. The van der Waals surface area contributed by atoms with Crippen LogP contribution in [0.15, 0.2) is 47.7 Å². The molecule has 0 bridgehead atoms. The highest BCUT2D eigenvalue weighted by Crippen LogP contribution is 2.20. The lowest BCUT2D eigenvalue weighted by Gasteiger charge is -2.34. The average molecular weight is 551 g/mol. The van der Waals surface area contributed by atoms with Gasteiger partial charge in [-0.25, -0.2) is 9.37 Å². The predicted molar refractivity (Wildman–Crippen MR) is 140 cm³/mol. The molecule has 1 aliphatic rings. The van der Waals surface area contributed by atoms with Crippen LogP contribution in [0.4, 0.5) is 10.2 Å². The fourth-order valence-electron chi connectivity index (χ4n) is 3.94. The number of nitrogens with zero attached hydrogens (tertiary/aromatic N) is 4. The van der Waals surface area contributed by atoms with Gasteiger partial charge in [0.05, 0.1) is 0 Å². The summed E-state index contributed by atoms with van der Waals surface area (Å²) in [6, 6.07) is 8.91. The molecule has 172 valence electrons. The first kappa shape index (κ1) is 24.2. The van der Waals surface area contributed by atoms with Crippen molar-refractivity contribution >= 4 is 46.7 Å². The van der Waals surface area contributed by atoms with Gasteiger partial charge in [-0.15, -0.1) is 24.0 Å². The molecule has 3 aromatic rings. The van der Waals surface area contributed by atoms with Crippen LogP contribution in [0, 0.1) is 5.82 Å². The number of aliphatic imine (C=N–C) groups is 1. The van der Waals surface area contributed by atoms with Gasteiger partial charge in [-0.3, -0.25) is 4.99 Å². The second kappa shape index (κ2) is 11.5. The van der Waals surface area contributed by atoms with E-state index in [0.717, 1.165) is 66.4 Å². The van der Waals surface area contributed by atoms with Gasteiger partial charge < -0.3 is 25.4 Å². The number of hydrogen-bond donors (Lipinski definition) is 3. The molecule has 1 fully saturated rings. The minimum absolute atomic E-state index is 0. The summed E-state index contributed by atoms with van der Waals surface area (Å²) in [5.41, 5.74) is 3.19. The molecule has 9 heteroatoms. The number of guanidine groups is 1. The van der Waals surface area contributed by atoms with Crippen molar-refractivity contribution in [2.24, 2.45) is 4.99 Å². The van der Waals surface area contributed by atoms with Crippen LogP contribution in [0.5, 0.6) is 0 Å². The van der Waals surface area contributed by atoms with Crippen molar-refractivity contribution in [1.82, 2.24) is 25.5 Å². The zero-order valence-corrected chi connectivity index (χ0v) is 20.9. The summed E-state index contributed by atoms with van der Waals surface area (Å²) >= 11 is 0. The lowest BCUT2D eigenvalue weighted by atomic mass is 10.1. The van der Waals surface area contributed by atoms with Gasteiger partial charge in [-0.05, 0) is 43.3 Å². The van der Waals surface area contributed by atoms with Crippen molar-refractivity contribution in [3.05, 3.63) is 59.7 Å². The summed E-state index contributed by atoms with van der Waals surface area (Å²) in [6.07, 6.45) is 4.57. The summed E-state index contributed by atoms with van der Waals surface area (Å²) in [6.45, 7) is 5.40. The van der Waals surface area contributed by atoms with Crippen molar-refractivity contribution in [3.8, 4) is 0 Å². The normalized spacial score (nSPS) is 15.0. The molecule has 32 heavy (non-hydrogen) atoms. The molecule has 1 aromatic carbocycles. The standard InChI is InChI=1S/C23H30FN7.HI/c1-25-23(27-9-7-17-15-28-21-6-5-19(24)14-20(17)21)29-16-18-4-3-8-26-22(18)31-12-10-30(2)11-13-31;/h3-6,8,14-15,28H,7,9-13,16H2,1-2H3,(H2,25,27,29);1H. The van der Waals surface area contributed by atoms with E-state index in [9.17, 15) is 4.39 Å². The number of hydrogen-bond acceptors (Lipinski definition) is 4. The Morgan fingerprint density at radius 1 is 1.16 bits per heavy atom. The number of nitrogens with one attached hydrogen (secondary N) is 3. The Hall–Kier alpha value is -2.40. The first-order valence-corrected chi connectivity index (χ1v) is 10.7. The molecule has 2 aromatic heterocycles. The molecule has 0 spiro atoms. The molecule has 1 aliphatic heterocycles. The van der Waals surface area contributed by atoms with Crippen LogP contribution in [0.2, 0.25) is 0 Å². The maximum Gasteiger partial charge on any atom is 0.191 e. The largest absolute Gasteiger partial charge is 0.361 e. The molecule has 1 saturated heterocycles. The van der Waals surface area contributed by atoms with E-state index in [1.807, 2.05) is 18.5 Å². The zero-order chi connectivity index (χ0) is 21.6. The number of aromatic nitrogens is 2. The number of piperazine rings is 1. The molecule has 3 heterocycles. The van der Waals surface area contributed by atoms with E-state index in [1.165, 1.54) is 6.07 Å². The second-order valence-electron chi connectivity index (χ2n) is 7.88. The molecule has 4 rings (SSSR count). The highest BCUT2D eigenvalue weighted by Gasteiger charge is 2.18. The number of fused-ring (bicyclic) bond motifs is 1. The zero-order valence-electron chi connectivity index (χ0n) is 18.6. The first-order chi connectivity index (χ1) is 15.1. The third-order valence-electron chi connectivity index (χ3n) is 5.76. The van der Waals surface area contributed by atoms with Crippen LogP contribution in [-0.2, 0) is 13.0 Å². The number of aromatic amines is 1. The summed E-state index contributed by atoms with van der Waals surface area (Å²) < 4.78 is 13.6. The number of likely N-dealkylation sites (N-methyl/N-ethyl adjacent to an activating group) is 1. The van der Waals surface area contributed by atoms with Crippen LogP contribution < -0.4 is 15.5 Å². The van der Waals surface area contributed by atoms with Gasteiger partial charge in [-0.1, -0.05) is 6.07 Å². The van der Waals surface area contributed by atoms with Gasteiger partial charge in [-0.2, -0.15) is 0 Å². The van der Waals surface area contributed by atoms with Crippen LogP contribution in [0.25, 0.3) is 10.9 Å². The van der Waals surface area contributed by atoms with Crippen molar-refractivity contribution in [2.45, 2.75) is 13.0 Å². The van der Waals surface area contributed by atoms with E-state index < -0.39 is 0 Å². The number of anilines is 1. The molecule has 3 N–H and O–H groups in total. The van der Waals surface area contributed by atoms with Gasteiger partial charge >= 0.3 is 0 Å². The Labute approximate surface area is 205 Å². The topological polar surface area (TPSA) is 71.6 Å². The second-order valence-corrected chi connectivity index (χ2v) is 7.88. The highest BCUT2D eigenvalue weighted by atomic mass is 127. The van der Waals surface area contributed by atoms with Crippen LogP contribution in [-0.4, -0.2) is 67.6 Å². The first-order valence-electron chi connectivity index (χ1n) is 10.7. The lowest BCUT2D eigenvalue weighted by molar-refractivity contribution is 0.312. The van der Waals surface area contributed by atoms with Crippen LogP contribution >= 0.6 is 24.0 Å². The van der Waals surface area contributed by atoms with E-state index in [1.54, 1.807) is 19.2 Å². The monoisotopic (exact) mass is 551 g/mol. The van der Waals surface area contributed by atoms with Crippen LogP contribution in [0.3, 0.4) is 0 Å². The van der Waals surface area contributed by atoms with Gasteiger partial charge in [0.1, 0.15) is 11.6 Å². The van der Waals surface area contributed by atoms with E-state index in [-0.39, 0.29) is 29.8 Å². The Morgan fingerprint density at radius 3 is 2.75 bits per heavy atom. The van der Waals surface area contributed by atoms with Gasteiger partial charge in [0.15, 0.2) is 5.96 Å². The molecule has 7 nitrogen and oxygen atoms in total. The molecule has 0 amide bonds. The molecule has 0 unspecified atom stereocenters. The average Bonchev–Trinajstić information content (AvgIpc) is 3.19. The van der Waals surface area contributed by atoms with E-state index in [0.29, 0.717) is 13.1 Å². The Bertz CT molecular complexity index is 1040. The molecule has 0 radical (unpaired) electrons. The summed E-state index contributed by atoms with van der Waals surface area (Å²) in [5.74, 6) is 1.56. The molecule has 0 atom stereocenters. The maximum atomic E-state index is 13.6. The van der Waals surface area contributed by atoms with E-state index in [4.69, 9.17) is 0 Å². The predicted octanol–water partition coefficient (Wildman–Crippen LogP) is 2.98.